The third-order valence-electron chi connectivity index (χ3n) is 3.85. The van der Waals surface area contributed by atoms with Gasteiger partial charge < -0.3 is 10.3 Å². The lowest BCUT2D eigenvalue weighted by molar-refractivity contribution is -0.116. The molecule has 0 aliphatic heterocycles. The molecule has 1 amide bonds. The molecule has 122 valence electrons. The summed E-state index contributed by atoms with van der Waals surface area (Å²) in [5.41, 5.74) is 3.13. The van der Waals surface area contributed by atoms with E-state index in [0.717, 1.165) is 26.6 Å². The van der Waals surface area contributed by atoms with E-state index in [9.17, 15) is 9.59 Å². The van der Waals surface area contributed by atoms with Crippen LogP contribution in [0.15, 0.2) is 57.8 Å². The first kappa shape index (κ1) is 16.5. The molecule has 0 bridgehead atoms. The van der Waals surface area contributed by atoms with Crippen molar-refractivity contribution in [3.63, 3.8) is 0 Å². The fourth-order valence-corrected chi connectivity index (χ4v) is 2.95. The molecule has 0 fully saturated rings. The van der Waals surface area contributed by atoms with E-state index in [4.69, 9.17) is 0 Å². The van der Waals surface area contributed by atoms with Gasteiger partial charge in [-0.2, -0.15) is 0 Å². The Balaban J connectivity index is 1.72. The molecular weight excluding hydrogens is 368 g/mol. The van der Waals surface area contributed by atoms with E-state index in [1.807, 2.05) is 55.5 Å². The fraction of sp³-hybridized carbons (Fsp3) is 0.158. The lowest BCUT2D eigenvalue weighted by atomic mass is 10.1. The van der Waals surface area contributed by atoms with Crippen molar-refractivity contribution in [2.75, 3.05) is 5.32 Å². The van der Waals surface area contributed by atoms with Crippen molar-refractivity contribution in [2.24, 2.45) is 0 Å². The summed E-state index contributed by atoms with van der Waals surface area (Å²) in [7, 11) is 0. The van der Waals surface area contributed by atoms with Gasteiger partial charge in [-0.1, -0.05) is 24.3 Å². The van der Waals surface area contributed by atoms with Crippen LogP contribution in [0, 0.1) is 6.92 Å². The molecular formula is C19H17BrN2O2. The van der Waals surface area contributed by atoms with E-state index in [0.29, 0.717) is 12.0 Å². The number of halogens is 1. The maximum Gasteiger partial charge on any atom is 0.251 e. The predicted molar refractivity (Wildman–Crippen MR) is 100 cm³/mol. The van der Waals surface area contributed by atoms with Crippen molar-refractivity contribution in [2.45, 2.75) is 19.8 Å². The van der Waals surface area contributed by atoms with Gasteiger partial charge in [0.2, 0.25) is 5.91 Å². The molecule has 1 aromatic heterocycles. The molecule has 2 N–H and O–H groups in total. The molecule has 5 heteroatoms. The van der Waals surface area contributed by atoms with Crippen molar-refractivity contribution in [1.82, 2.24) is 4.98 Å². The minimum atomic E-state index is -0.137. The number of para-hydroxylation sites is 1. The van der Waals surface area contributed by atoms with Crippen molar-refractivity contribution >= 4 is 38.4 Å². The highest BCUT2D eigenvalue weighted by Crippen LogP contribution is 2.21. The minimum Gasteiger partial charge on any atom is -0.325 e. The average molecular weight is 385 g/mol. The average Bonchev–Trinajstić information content (AvgIpc) is 2.55. The van der Waals surface area contributed by atoms with Gasteiger partial charge in [0.15, 0.2) is 0 Å². The first-order chi connectivity index (χ1) is 11.5. The SMILES string of the molecule is Cc1ccc2cc(CCC(=O)Nc3ccccc3Br)c(=O)[nH]c2c1. The minimum absolute atomic E-state index is 0.120. The molecule has 3 aromatic rings. The Morgan fingerprint density at radius 2 is 1.96 bits per heavy atom. The summed E-state index contributed by atoms with van der Waals surface area (Å²) in [6.07, 6.45) is 0.650. The first-order valence-corrected chi connectivity index (χ1v) is 8.49. The monoisotopic (exact) mass is 384 g/mol. The van der Waals surface area contributed by atoms with Crippen LogP contribution < -0.4 is 10.9 Å². The fourth-order valence-electron chi connectivity index (χ4n) is 2.57. The van der Waals surface area contributed by atoms with Crippen LogP contribution in [-0.4, -0.2) is 10.9 Å². The van der Waals surface area contributed by atoms with Crippen molar-refractivity contribution in [1.29, 1.82) is 0 Å². The molecule has 0 aliphatic rings. The van der Waals surface area contributed by atoms with Crippen LogP contribution in [-0.2, 0) is 11.2 Å². The second kappa shape index (κ2) is 7.01. The van der Waals surface area contributed by atoms with Crippen LogP contribution >= 0.6 is 15.9 Å². The third-order valence-corrected chi connectivity index (χ3v) is 4.54. The van der Waals surface area contributed by atoms with Crippen molar-refractivity contribution < 1.29 is 4.79 Å². The van der Waals surface area contributed by atoms with E-state index >= 15 is 0 Å². The van der Waals surface area contributed by atoms with Crippen LogP contribution in [0.1, 0.15) is 17.5 Å². The molecule has 0 saturated heterocycles. The molecule has 0 unspecified atom stereocenters. The number of aromatic nitrogens is 1. The second-order valence-corrected chi connectivity index (χ2v) is 6.60. The number of benzene rings is 2. The maximum atomic E-state index is 12.2. The number of rotatable bonds is 4. The largest absolute Gasteiger partial charge is 0.325 e. The van der Waals surface area contributed by atoms with Gasteiger partial charge in [0.1, 0.15) is 0 Å². The Bertz CT molecular complexity index is 963. The lowest BCUT2D eigenvalue weighted by Gasteiger charge is -2.07. The number of H-pyrrole nitrogens is 1. The summed E-state index contributed by atoms with van der Waals surface area (Å²) in [5.74, 6) is -0.120. The van der Waals surface area contributed by atoms with Crippen LogP contribution in [0.4, 0.5) is 5.69 Å². The number of amides is 1. The van der Waals surface area contributed by atoms with Gasteiger partial charge in [0.25, 0.3) is 5.56 Å². The summed E-state index contributed by atoms with van der Waals surface area (Å²) < 4.78 is 0.831. The number of fused-ring (bicyclic) bond motifs is 1. The van der Waals surface area contributed by atoms with Crippen molar-refractivity contribution in [3.8, 4) is 0 Å². The standard InChI is InChI=1S/C19H17BrN2O2/c1-12-6-7-13-11-14(19(24)22-17(13)10-12)8-9-18(23)21-16-5-3-2-4-15(16)20/h2-7,10-11H,8-9H2,1H3,(H,21,23)(H,22,24). The zero-order chi connectivity index (χ0) is 17.1. The molecule has 4 nitrogen and oxygen atoms in total. The van der Waals surface area contributed by atoms with Gasteiger partial charge in [0, 0.05) is 22.0 Å². The maximum absolute atomic E-state index is 12.2. The molecule has 0 radical (unpaired) electrons. The topological polar surface area (TPSA) is 62.0 Å². The molecule has 0 atom stereocenters. The van der Waals surface area contributed by atoms with E-state index < -0.39 is 0 Å². The number of anilines is 1. The summed E-state index contributed by atoms with van der Waals surface area (Å²) >= 11 is 3.40. The number of hydrogen-bond acceptors (Lipinski definition) is 2. The molecule has 24 heavy (non-hydrogen) atoms. The zero-order valence-electron chi connectivity index (χ0n) is 13.2. The van der Waals surface area contributed by atoms with E-state index in [1.54, 1.807) is 0 Å². The van der Waals surface area contributed by atoms with Crippen LogP contribution in [0.2, 0.25) is 0 Å². The van der Waals surface area contributed by atoms with E-state index in [2.05, 4.69) is 26.2 Å². The highest BCUT2D eigenvalue weighted by molar-refractivity contribution is 9.10. The molecule has 0 saturated carbocycles. The Labute approximate surface area is 148 Å². The number of aromatic amines is 1. The highest BCUT2D eigenvalue weighted by Gasteiger charge is 2.08. The van der Waals surface area contributed by atoms with Gasteiger partial charge in [0.05, 0.1) is 5.69 Å². The van der Waals surface area contributed by atoms with E-state index in [1.165, 1.54) is 0 Å². The normalized spacial score (nSPS) is 10.8. The van der Waals surface area contributed by atoms with Gasteiger partial charge >= 0.3 is 0 Å². The van der Waals surface area contributed by atoms with E-state index in [-0.39, 0.29) is 17.9 Å². The molecule has 0 aliphatic carbocycles. The summed E-state index contributed by atoms with van der Waals surface area (Å²) in [5, 5.41) is 3.82. The number of carbonyl (C=O) groups excluding carboxylic acids is 1. The Hall–Kier alpha value is -2.40. The summed E-state index contributed by atoms with van der Waals surface area (Å²) in [6.45, 7) is 1.98. The second-order valence-electron chi connectivity index (χ2n) is 5.74. The highest BCUT2D eigenvalue weighted by atomic mass is 79.9. The molecule has 1 heterocycles. The predicted octanol–water partition coefficient (Wildman–Crippen LogP) is 4.17. The summed E-state index contributed by atoms with van der Waals surface area (Å²) in [6, 6.07) is 15.2. The van der Waals surface area contributed by atoms with Gasteiger partial charge in [-0.05, 0) is 64.5 Å². The van der Waals surface area contributed by atoms with Gasteiger partial charge in [-0.15, -0.1) is 0 Å². The Kier molecular flexibility index (Phi) is 4.81. The number of hydrogen-bond donors (Lipinski definition) is 2. The van der Waals surface area contributed by atoms with Crippen LogP contribution in [0.5, 0.6) is 0 Å². The number of carbonyl (C=O) groups is 1. The third kappa shape index (κ3) is 3.74. The molecule has 0 spiro atoms. The quantitative estimate of drug-likeness (QED) is 0.708. The number of aryl methyl sites for hydroxylation is 2. The van der Waals surface area contributed by atoms with Crippen LogP contribution in [0.3, 0.4) is 0 Å². The molecule has 2 aromatic carbocycles. The van der Waals surface area contributed by atoms with Crippen LogP contribution in [0.25, 0.3) is 10.9 Å². The lowest BCUT2D eigenvalue weighted by Crippen LogP contribution is -2.17. The van der Waals surface area contributed by atoms with Gasteiger partial charge in [-0.25, -0.2) is 0 Å². The number of nitrogens with one attached hydrogen (secondary N) is 2. The smallest absolute Gasteiger partial charge is 0.251 e. The first-order valence-electron chi connectivity index (χ1n) is 7.70. The zero-order valence-corrected chi connectivity index (χ0v) is 14.8. The van der Waals surface area contributed by atoms with Crippen molar-refractivity contribution in [3.05, 3.63) is 74.5 Å². The molecule has 3 rings (SSSR count). The van der Waals surface area contributed by atoms with Gasteiger partial charge in [-0.3, -0.25) is 9.59 Å². The number of pyridine rings is 1. The Morgan fingerprint density at radius 1 is 1.17 bits per heavy atom. The Morgan fingerprint density at radius 3 is 2.75 bits per heavy atom. The summed E-state index contributed by atoms with van der Waals surface area (Å²) in [4.78, 5) is 27.2.